The van der Waals surface area contributed by atoms with Gasteiger partial charge in [0, 0.05) is 29.1 Å². The summed E-state index contributed by atoms with van der Waals surface area (Å²) >= 11 is 8.75. The summed E-state index contributed by atoms with van der Waals surface area (Å²) in [6.07, 6.45) is 1.79. The molecule has 0 radical (unpaired) electrons. The van der Waals surface area contributed by atoms with E-state index in [9.17, 15) is 24.8 Å². The van der Waals surface area contributed by atoms with Crippen molar-refractivity contribution in [3.8, 4) is 0 Å². The molecule has 0 aliphatic carbocycles. The van der Waals surface area contributed by atoms with Crippen LogP contribution in [0.2, 0.25) is 5.02 Å². The van der Waals surface area contributed by atoms with E-state index in [2.05, 4.69) is 15.2 Å². The van der Waals surface area contributed by atoms with E-state index < -0.39 is 28.4 Å². The molecule has 1 aliphatic rings. The number of nitro benzene ring substituents is 1. The monoisotopic (exact) mass is 632 g/mol. The Balaban J connectivity index is 1.45. The number of aryl methyl sites for hydroxylation is 2. The second-order valence-electron chi connectivity index (χ2n) is 9.68. The Hall–Kier alpha value is -4.59. The van der Waals surface area contributed by atoms with Crippen molar-refractivity contribution in [3.05, 3.63) is 116 Å². The van der Waals surface area contributed by atoms with Crippen LogP contribution in [0.25, 0.3) is 11.4 Å². The highest BCUT2D eigenvalue weighted by molar-refractivity contribution is 8.00. The van der Waals surface area contributed by atoms with Crippen LogP contribution in [-0.4, -0.2) is 41.3 Å². The molecule has 216 valence electrons. The number of benzene rings is 2. The Morgan fingerprint density at radius 2 is 1.84 bits per heavy atom. The van der Waals surface area contributed by atoms with Crippen molar-refractivity contribution < 1.29 is 19.6 Å². The van der Waals surface area contributed by atoms with E-state index in [1.165, 1.54) is 40.9 Å². The van der Waals surface area contributed by atoms with E-state index in [0.29, 0.717) is 32.0 Å². The number of hydrogen-bond acceptors (Lipinski definition) is 10. The van der Waals surface area contributed by atoms with Crippen LogP contribution in [0.4, 0.5) is 10.8 Å². The maximum absolute atomic E-state index is 13.6. The van der Waals surface area contributed by atoms with Gasteiger partial charge in [-0.3, -0.25) is 24.6 Å². The van der Waals surface area contributed by atoms with Crippen molar-refractivity contribution in [1.29, 1.82) is 0 Å². The molecule has 1 unspecified atom stereocenters. The van der Waals surface area contributed by atoms with Gasteiger partial charge in [-0.05, 0) is 54.8 Å². The molecule has 1 atom stereocenters. The zero-order chi connectivity index (χ0) is 30.4. The minimum atomic E-state index is -1.14. The van der Waals surface area contributed by atoms with Crippen molar-refractivity contribution in [2.45, 2.75) is 30.0 Å². The molecule has 0 bridgehead atoms. The van der Waals surface area contributed by atoms with Crippen molar-refractivity contribution >= 4 is 68.6 Å². The topological polar surface area (TPSA) is 144 Å². The van der Waals surface area contributed by atoms with E-state index in [1.807, 2.05) is 37.3 Å². The number of halogens is 1. The molecule has 0 spiro atoms. The first-order valence-electron chi connectivity index (χ1n) is 12.9. The van der Waals surface area contributed by atoms with E-state index in [0.717, 1.165) is 22.5 Å². The summed E-state index contributed by atoms with van der Waals surface area (Å²) in [7, 11) is 0. The fourth-order valence-electron chi connectivity index (χ4n) is 4.91. The third-order valence-corrected chi connectivity index (χ3v) is 9.56. The SMILES string of the molecule is Cc1cccn2c(C)c(C(O)=C3C(=O)C(=O)N(c4nnc(SCc5ccccc5Cl)s4)C3c3ccc([N+](=O)[O-])cc3)nc12. The number of ketones is 1. The van der Waals surface area contributed by atoms with Crippen LogP contribution in [0, 0.1) is 24.0 Å². The van der Waals surface area contributed by atoms with E-state index in [1.54, 1.807) is 23.6 Å². The van der Waals surface area contributed by atoms with Gasteiger partial charge in [0.15, 0.2) is 10.1 Å². The van der Waals surface area contributed by atoms with Gasteiger partial charge >= 0.3 is 5.91 Å². The molecule has 1 aliphatic heterocycles. The number of anilines is 1. The van der Waals surface area contributed by atoms with Gasteiger partial charge in [0.25, 0.3) is 11.5 Å². The van der Waals surface area contributed by atoms with Crippen LogP contribution in [0.15, 0.2) is 76.8 Å². The lowest BCUT2D eigenvalue weighted by Crippen LogP contribution is -2.29. The maximum Gasteiger partial charge on any atom is 0.301 e. The van der Waals surface area contributed by atoms with Gasteiger partial charge in [-0.1, -0.05) is 59.0 Å². The predicted molar refractivity (Wildman–Crippen MR) is 163 cm³/mol. The van der Waals surface area contributed by atoms with Gasteiger partial charge in [-0.2, -0.15) is 0 Å². The van der Waals surface area contributed by atoms with Gasteiger partial charge in [0.05, 0.1) is 22.2 Å². The quantitative estimate of drug-likeness (QED) is 0.0417. The Bertz CT molecular complexity index is 1970. The fourth-order valence-corrected chi connectivity index (χ4v) is 7.06. The number of thioether (sulfide) groups is 1. The van der Waals surface area contributed by atoms with Crippen LogP contribution in [0.5, 0.6) is 0 Å². The van der Waals surface area contributed by atoms with E-state index >= 15 is 0 Å². The number of aromatic nitrogens is 4. The van der Waals surface area contributed by atoms with E-state index in [-0.39, 0.29) is 22.1 Å². The third kappa shape index (κ3) is 5.05. The molecule has 1 fully saturated rings. The van der Waals surface area contributed by atoms with Crippen LogP contribution >= 0.6 is 34.7 Å². The zero-order valence-corrected chi connectivity index (χ0v) is 25.0. The Kier molecular flexibility index (Phi) is 7.46. The van der Waals surface area contributed by atoms with Crippen LogP contribution in [0.3, 0.4) is 0 Å². The van der Waals surface area contributed by atoms with Gasteiger partial charge in [-0.15, -0.1) is 10.2 Å². The van der Waals surface area contributed by atoms with Gasteiger partial charge in [-0.25, -0.2) is 4.98 Å². The molecule has 4 heterocycles. The number of imidazole rings is 1. The average molecular weight is 633 g/mol. The molecule has 5 aromatic rings. The fraction of sp³-hybridized carbons (Fsp3) is 0.138. The predicted octanol–water partition coefficient (Wildman–Crippen LogP) is 6.28. The Morgan fingerprint density at radius 1 is 1.09 bits per heavy atom. The number of rotatable bonds is 7. The number of fused-ring (bicyclic) bond motifs is 1. The number of non-ortho nitro benzene ring substituents is 1. The first-order valence-corrected chi connectivity index (χ1v) is 15.0. The van der Waals surface area contributed by atoms with Crippen LogP contribution < -0.4 is 4.90 Å². The zero-order valence-electron chi connectivity index (χ0n) is 22.6. The number of carbonyl (C=O) groups is 2. The molecular weight excluding hydrogens is 612 g/mol. The number of Topliss-reactive ketones (excluding diaryl/α,β-unsaturated/α-hetero) is 1. The van der Waals surface area contributed by atoms with Crippen molar-refractivity contribution in [2.24, 2.45) is 0 Å². The lowest BCUT2D eigenvalue weighted by Gasteiger charge is -2.22. The molecule has 0 saturated carbocycles. The summed E-state index contributed by atoms with van der Waals surface area (Å²) in [6, 6.07) is 15.4. The molecule has 3 aromatic heterocycles. The first kappa shape index (κ1) is 28.5. The van der Waals surface area contributed by atoms with Gasteiger partial charge in [0.2, 0.25) is 5.13 Å². The number of aliphatic hydroxyl groups excluding tert-OH is 1. The van der Waals surface area contributed by atoms with Crippen molar-refractivity contribution in [1.82, 2.24) is 19.6 Å². The highest BCUT2D eigenvalue weighted by Crippen LogP contribution is 2.44. The van der Waals surface area contributed by atoms with Crippen LogP contribution in [-0.2, 0) is 15.3 Å². The molecule has 1 amide bonds. The lowest BCUT2D eigenvalue weighted by molar-refractivity contribution is -0.384. The van der Waals surface area contributed by atoms with Gasteiger partial charge in [0.1, 0.15) is 11.3 Å². The second kappa shape index (κ2) is 11.2. The number of pyridine rings is 1. The Labute approximate surface area is 257 Å². The largest absolute Gasteiger partial charge is 0.505 e. The summed E-state index contributed by atoms with van der Waals surface area (Å²) in [5.41, 5.74) is 3.05. The Morgan fingerprint density at radius 3 is 2.53 bits per heavy atom. The molecule has 43 heavy (non-hydrogen) atoms. The highest BCUT2D eigenvalue weighted by Gasteiger charge is 2.49. The minimum absolute atomic E-state index is 0.133. The number of amides is 1. The molecule has 1 N–H and O–H groups in total. The van der Waals surface area contributed by atoms with Crippen LogP contribution in [0.1, 0.15) is 34.1 Å². The first-order chi connectivity index (χ1) is 20.7. The second-order valence-corrected chi connectivity index (χ2v) is 12.3. The molecule has 1 saturated heterocycles. The smallest absolute Gasteiger partial charge is 0.301 e. The molecular formula is C29H21ClN6O5S2. The summed E-state index contributed by atoms with van der Waals surface area (Å²) in [5.74, 6) is -1.80. The van der Waals surface area contributed by atoms with E-state index in [4.69, 9.17) is 11.6 Å². The third-order valence-electron chi connectivity index (χ3n) is 7.08. The normalized spacial score (nSPS) is 16.3. The standard InChI is InChI=1S/C29H21ClN6O5S2/c1-15-6-5-13-34-16(2)22(31-26(15)34)24(37)21-23(17-9-11-19(12-10-17)36(40)41)35(27(39)25(21)38)28-32-33-29(43-28)42-14-18-7-3-4-8-20(18)30/h3-13,23,37H,14H2,1-2H3. The molecule has 6 rings (SSSR count). The number of hydrogen-bond donors (Lipinski definition) is 1. The molecule has 11 nitrogen and oxygen atoms in total. The molecule has 2 aromatic carbocycles. The average Bonchev–Trinajstić information content (AvgIpc) is 3.67. The minimum Gasteiger partial charge on any atom is -0.505 e. The molecule has 14 heteroatoms. The lowest BCUT2D eigenvalue weighted by atomic mass is 9.96. The van der Waals surface area contributed by atoms with Gasteiger partial charge < -0.3 is 9.51 Å². The summed E-state index contributed by atoms with van der Waals surface area (Å²) < 4.78 is 2.32. The van der Waals surface area contributed by atoms with Crippen molar-refractivity contribution in [2.75, 3.05) is 4.90 Å². The van der Waals surface area contributed by atoms with Crippen molar-refractivity contribution in [3.63, 3.8) is 0 Å². The summed E-state index contributed by atoms with van der Waals surface area (Å²) in [5, 5.41) is 32.1. The maximum atomic E-state index is 13.6. The number of nitro groups is 1. The number of carbonyl (C=O) groups excluding carboxylic acids is 2. The summed E-state index contributed by atoms with van der Waals surface area (Å²) in [6.45, 7) is 3.62. The number of nitrogens with zero attached hydrogens (tertiary/aromatic N) is 6. The highest BCUT2D eigenvalue weighted by atomic mass is 35.5. The number of aliphatic hydroxyl groups is 1. The summed E-state index contributed by atoms with van der Waals surface area (Å²) in [4.78, 5) is 43.7.